The number of hydrogen-bond donors (Lipinski definition) is 1. The number of carbonyl (C=O) groups is 1. The van der Waals surface area contributed by atoms with Gasteiger partial charge in [-0.1, -0.05) is 21.9 Å². The van der Waals surface area contributed by atoms with E-state index in [1.54, 1.807) is 16.8 Å². The van der Waals surface area contributed by atoms with Crippen LogP contribution in [0.3, 0.4) is 0 Å². The number of methoxy groups -OCH3 is 1. The maximum atomic E-state index is 12.0. The fourth-order valence-corrected chi connectivity index (χ4v) is 4.65. The van der Waals surface area contributed by atoms with E-state index in [0.717, 1.165) is 36.3 Å². The first kappa shape index (κ1) is 25.6. The number of hydrogen-bond acceptors (Lipinski definition) is 10. The van der Waals surface area contributed by atoms with Gasteiger partial charge in [-0.05, 0) is 74.2 Å². The van der Waals surface area contributed by atoms with Gasteiger partial charge in [-0.25, -0.2) is 9.67 Å². The Morgan fingerprint density at radius 2 is 1.95 bits per heavy atom. The Bertz CT molecular complexity index is 1420. The minimum absolute atomic E-state index is 0.0516. The molecule has 3 heterocycles. The fourth-order valence-electron chi connectivity index (χ4n) is 4.52. The molecule has 3 aromatic heterocycles. The molecule has 5 rings (SSSR count). The van der Waals surface area contributed by atoms with Crippen molar-refractivity contribution in [2.24, 2.45) is 13.0 Å². The first-order valence-corrected chi connectivity index (χ1v) is 12.7. The van der Waals surface area contributed by atoms with Gasteiger partial charge in [-0.3, -0.25) is 4.79 Å². The molecule has 0 saturated heterocycles. The summed E-state index contributed by atoms with van der Waals surface area (Å²) >= 11 is 5.95. The van der Waals surface area contributed by atoms with Crippen molar-refractivity contribution in [2.45, 2.75) is 45.3 Å². The van der Waals surface area contributed by atoms with Crippen molar-refractivity contribution in [3.63, 3.8) is 0 Å². The average molecular weight is 538 g/mol. The van der Waals surface area contributed by atoms with E-state index in [-0.39, 0.29) is 18.0 Å². The Morgan fingerprint density at radius 1 is 1.13 bits per heavy atom. The lowest BCUT2D eigenvalue weighted by atomic mass is 9.87. The predicted molar refractivity (Wildman–Crippen MR) is 139 cm³/mol. The molecule has 1 aliphatic rings. The summed E-state index contributed by atoms with van der Waals surface area (Å²) in [6, 6.07) is 10.9. The van der Waals surface area contributed by atoms with Gasteiger partial charge < -0.3 is 14.8 Å². The lowest BCUT2D eigenvalue weighted by Gasteiger charge is -2.28. The number of ether oxygens (including phenoxy) is 2. The third-order valence-corrected chi connectivity index (χ3v) is 6.81. The summed E-state index contributed by atoms with van der Waals surface area (Å²) < 4.78 is 12.8. The van der Waals surface area contributed by atoms with Gasteiger partial charge in [-0.2, -0.15) is 0 Å². The second kappa shape index (κ2) is 11.1. The van der Waals surface area contributed by atoms with Crippen LogP contribution in [-0.2, 0) is 23.1 Å². The van der Waals surface area contributed by atoms with Crippen LogP contribution in [0.2, 0.25) is 5.02 Å². The van der Waals surface area contributed by atoms with Gasteiger partial charge in [-0.15, -0.1) is 15.0 Å². The summed E-state index contributed by atoms with van der Waals surface area (Å²) in [4.78, 5) is 18.1. The number of anilines is 1. The Labute approximate surface area is 224 Å². The standard InChI is InChI=1S/C25H28ClN9O3/c1-15-22(38-19-6-4-5-16(13-19)24(36)37-3)12-11-20(28-15)23-21(34(2)32-29-23)14-27-25-30-33-35(31-25)18-9-7-17(26)8-10-18/h7-12,16,19H,4-6,13-14H2,1-3H3,(H,27,31)/t16-,19-/m0/s1. The number of esters is 1. The number of aromatic nitrogens is 8. The monoisotopic (exact) mass is 537 g/mol. The van der Waals surface area contributed by atoms with Crippen molar-refractivity contribution in [3.8, 4) is 22.8 Å². The molecule has 0 aliphatic heterocycles. The molecule has 13 heteroatoms. The highest BCUT2D eigenvalue weighted by Gasteiger charge is 2.29. The average Bonchev–Trinajstić information content (AvgIpc) is 3.55. The van der Waals surface area contributed by atoms with E-state index >= 15 is 0 Å². The van der Waals surface area contributed by atoms with Crippen molar-refractivity contribution in [1.82, 2.24) is 40.2 Å². The molecule has 0 unspecified atom stereocenters. The number of nitrogens with one attached hydrogen (secondary N) is 1. The van der Waals surface area contributed by atoms with Crippen LogP contribution in [0.4, 0.5) is 5.95 Å². The molecule has 38 heavy (non-hydrogen) atoms. The molecule has 0 spiro atoms. The number of aryl methyl sites for hydroxylation is 2. The summed E-state index contributed by atoms with van der Waals surface area (Å²) in [5.74, 6) is 0.756. The maximum absolute atomic E-state index is 12.0. The van der Waals surface area contributed by atoms with Gasteiger partial charge in [0.15, 0.2) is 0 Å². The van der Waals surface area contributed by atoms with E-state index in [9.17, 15) is 4.79 Å². The number of nitrogens with zero attached hydrogens (tertiary/aromatic N) is 8. The highest BCUT2D eigenvalue weighted by molar-refractivity contribution is 6.30. The fraction of sp³-hybridized carbons (Fsp3) is 0.400. The van der Waals surface area contributed by atoms with Crippen LogP contribution >= 0.6 is 11.6 Å². The lowest BCUT2D eigenvalue weighted by Crippen LogP contribution is -2.30. The van der Waals surface area contributed by atoms with Crippen LogP contribution in [-0.4, -0.2) is 59.4 Å². The molecular formula is C25H28ClN9O3. The third kappa shape index (κ3) is 5.59. The first-order chi connectivity index (χ1) is 18.4. The minimum Gasteiger partial charge on any atom is -0.489 e. The number of benzene rings is 1. The summed E-state index contributed by atoms with van der Waals surface area (Å²) in [6.07, 6.45) is 3.24. The molecule has 1 aromatic carbocycles. The SMILES string of the molecule is COC(=O)[C@H]1CCC[C@H](Oc2ccc(-c3nnn(C)c3CNc3nnn(-c4ccc(Cl)cc4)n3)nc2C)C1. The number of pyridine rings is 1. The van der Waals surface area contributed by atoms with E-state index in [1.165, 1.54) is 11.9 Å². The maximum Gasteiger partial charge on any atom is 0.308 e. The summed E-state index contributed by atoms with van der Waals surface area (Å²) in [5, 5.41) is 24.9. The van der Waals surface area contributed by atoms with E-state index in [4.69, 9.17) is 26.1 Å². The number of tetrazole rings is 1. The van der Waals surface area contributed by atoms with Crippen LogP contribution in [0.15, 0.2) is 36.4 Å². The molecule has 1 fully saturated rings. The molecular weight excluding hydrogens is 510 g/mol. The quantitative estimate of drug-likeness (QED) is 0.332. The zero-order valence-electron chi connectivity index (χ0n) is 21.3. The van der Waals surface area contributed by atoms with Gasteiger partial charge in [0.1, 0.15) is 11.4 Å². The van der Waals surface area contributed by atoms with Crippen LogP contribution in [0.5, 0.6) is 5.75 Å². The smallest absolute Gasteiger partial charge is 0.308 e. The van der Waals surface area contributed by atoms with E-state index in [2.05, 4.69) is 31.0 Å². The van der Waals surface area contributed by atoms with Crippen molar-refractivity contribution >= 4 is 23.5 Å². The molecule has 12 nitrogen and oxygen atoms in total. The highest BCUT2D eigenvalue weighted by atomic mass is 35.5. The van der Waals surface area contributed by atoms with Crippen LogP contribution < -0.4 is 10.1 Å². The zero-order valence-corrected chi connectivity index (χ0v) is 22.1. The van der Waals surface area contributed by atoms with Crippen LogP contribution in [0, 0.1) is 12.8 Å². The summed E-state index contributed by atoms with van der Waals surface area (Å²) in [7, 11) is 3.24. The van der Waals surface area contributed by atoms with Crippen molar-refractivity contribution in [2.75, 3.05) is 12.4 Å². The Kier molecular flexibility index (Phi) is 7.50. The van der Waals surface area contributed by atoms with Crippen LogP contribution in [0.1, 0.15) is 37.1 Å². The summed E-state index contributed by atoms with van der Waals surface area (Å²) in [5.41, 5.74) is 3.60. The van der Waals surface area contributed by atoms with Crippen molar-refractivity contribution in [3.05, 3.63) is 52.8 Å². The third-order valence-electron chi connectivity index (χ3n) is 6.56. The normalized spacial score (nSPS) is 17.3. The lowest BCUT2D eigenvalue weighted by molar-refractivity contribution is -0.147. The predicted octanol–water partition coefficient (Wildman–Crippen LogP) is 3.54. The van der Waals surface area contributed by atoms with Gasteiger partial charge in [0.05, 0.1) is 48.4 Å². The largest absolute Gasteiger partial charge is 0.489 e. The Morgan fingerprint density at radius 3 is 2.71 bits per heavy atom. The van der Waals surface area contributed by atoms with E-state index < -0.39 is 0 Å². The topological polar surface area (TPSA) is 135 Å². The molecule has 2 atom stereocenters. The highest BCUT2D eigenvalue weighted by Crippen LogP contribution is 2.31. The molecule has 4 aromatic rings. The minimum atomic E-state index is -0.171. The number of rotatable bonds is 8. The van der Waals surface area contributed by atoms with Gasteiger partial charge in [0.25, 0.3) is 5.95 Å². The van der Waals surface area contributed by atoms with Crippen molar-refractivity contribution < 1.29 is 14.3 Å². The van der Waals surface area contributed by atoms with Gasteiger partial charge in [0, 0.05) is 12.1 Å². The summed E-state index contributed by atoms with van der Waals surface area (Å²) in [6.45, 7) is 2.26. The molecule has 1 N–H and O–H groups in total. The molecule has 1 saturated carbocycles. The zero-order chi connectivity index (χ0) is 26.6. The first-order valence-electron chi connectivity index (χ1n) is 12.3. The molecule has 0 amide bonds. The Hall–Kier alpha value is -4.06. The van der Waals surface area contributed by atoms with Gasteiger partial charge in [0.2, 0.25) is 0 Å². The van der Waals surface area contributed by atoms with Gasteiger partial charge >= 0.3 is 5.97 Å². The van der Waals surface area contributed by atoms with E-state index in [1.807, 2.05) is 38.2 Å². The second-order valence-corrected chi connectivity index (χ2v) is 9.58. The van der Waals surface area contributed by atoms with Crippen molar-refractivity contribution in [1.29, 1.82) is 0 Å². The Balaban J connectivity index is 1.27. The molecule has 1 aliphatic carbocycles. The molecule has 0 bridgehead atoms. The molecule has 0 radical (unpaired) electrons. The van der Waals surface area contributed by atoms with E-state index in [0.29, 0.717) is 41.1 Å². The molecule has 198 valence electrons. The number of carbonyl (C=O) groups excluding carboxylic acids is 1. The second-order valence-electron chi connectivity index (χ2n) is 9.15. The number of halogens is 1. The van der Waals surface area contributed by atoms with Crippen LogP contribution in [0.25, 0.3) is 17.1 Å².